The lowest BCUT2D eigenvalue weighted by Crippen LogP contribution is -2.36. The van der Waals surface area contributed by atoms with Crippen molar-refractivity contribution in [3.05, 3.63) is 29.8 Å². The van der Waals surface area contributed by atoms with E-state index in [1.54, 1.807) is 24.3 Å². The smallest absolute Gasteiger partial charge is 0.337 e. The van der Waals surface area contributed by atoms with Crippen molar-refractivity contribution >= 4 is 17.4 Å². The van der Waals surface area contributed by atoms with Gasteiger partial charge in [-0.1, -0.05) is 0 Å². The van der Waals surface area contributed by atoms with Crippen LogP contribution in [0.4, 0.5) is 5.69 Å². The third-order valence-corrected chi connectivity index (χ3v) is 2.52. The van der Waals surface area contributed by atoms with Crippen molar-refractivity contribution in [1.82, 2.24) is 0 Å². The lowest BCUT2D eigenvalue weighted by atomic mass is 10.2. The normalized spacial score (nSPS) is 15.8. The Morgan fingerprint density at radius 2 is 2.06 bits per heavy atom. The molecule has 90 valence electrons. The van der Waals surface area contributed by atoms with Gasteiger partial charge in [-0.2, -0.15) is 0 Å². The molecular weight excluding hydrogens is 222 g/mol. The van der Waals surface area contributed by atoms with Crippen molar-refractivity contribution in [3.8, 4) is 0 Å². The molecule has 17 heavy (non-hydrogen) atoms. The first-order chi connectivity index (χ1) is 8.20. The molecular formula is C12H13NO4. The van der Waals surface area contributed by atoms with E-state index in [0.29, 0.717) is 18.6 Å². The third-order valence-electron chi connectivity index (χ3n) is 2.52. The molecule has 0 unspecified atom stereocenters. The van der Waals surface area contributed by atoms with Crippen LogP contribution in [0.5, 0.6) is 0 Å². The number of nitrogens with zero attached hydrogens (tertiary/aromatic N) is 1. The van der Waals surface area contributed by atoms with Crippen LogP contribution in [0, 0.1) is 0 Å². The molecule has 0 atom stereocenters. The van der Waals surface area contributed by atoms with Crippen LogP contribution < -0.4 is 5.06 Å². The van der Waals surface area contributed by atoms with Crippen molar-refractivity contribution < 1.29 is 19.2 Å². The summed E-state index contributed by atoms with van der Waals surface area (Å²) < 4.78 is 4.60. The molecule has 1 aliphatic rings. The largest absolute Gasteiger partial charge is 0.465 e. The van der Waals surface area contributed by atoms with Gasteiger partial charge in [-0.05, 0) is 24.3 Å². The first-order valence-corrected chi connectivity index (χ1v) is 5.31. The highest BCUT2D eigenvalue weighted by molar-refractivity contribution is 5.90. The number of ketones is 1. The molecule has 0 saturated carbocycles. The fourth-order valence-electron chi connectivity index (χ4n) is 1.60. The van der Waals surface area contributed by atoms with Gasteiger partial charge in [0.2, 0.25) is 0 Å². The first-order valence-electron chi connectivity index (χ1n) is 5.31. The average Bonchev–Trinajstić information content (AvgIpc) is 2.38. The predicted octanol–water partition coefficient (Wildman–Crippen LogP) is 1.18. The fourth-order valence-corrected chi connectivity index (χ4v) is 1.60. The van der Waals surface area contributed by atoms with Gasteiger partial charge in [-0.25, -0.2) is 9.86 Å². The number of benzene rings is 1. The Labute approximate surface area is 98.9 Å². The van der Waals surface area contributed by atoms with Crippen LogP contribution in [-0.2, 0) is 14.4 Å². The third kappa shape index (κ3) is 2.62. The maximum atomic E-state index is 11.3. The molecule has 1 aromatic carbocycles. The van der Waals surface area contributed by atoms with Gasteiger partial charge in [0.05, 0.1) is 25.0 Å². The molecule has 1 fully saturated rings. The van der Waals surface area contributed by atoms with Gasteiger partial charge in [-0.15, -0.1) is 0 Å². The zero-order chi connectivity index (χ0) is 12.3. The summed E-state index contributed by atoms with van der Waals surface area (Å²) in [5.74, 6) is -0.236. The Hall–Kier alpha value is -1.88. The summed E-state index contributed by atoms with van der Waals surface area (Å²) in [7, 11) is 1.34. The molecule has 0 amide bonds. The minimum atomic E-state index is -0.382. The predicted molar refractivity (Wildman–Crippen MR) is 60.7 cm³/mol. The molecule has 0 N–H and O–H groups in total. The maximum absolute atomic E-state index is 11.3. The molecule has 5 nitrogen and oxygen atoms in total. The number of carbonyl (C=O) groups excluding carboxylic acids is 2. The second-order valence-electron chi connectivity index (χ2n) is 3.70. The number of ether oxygens (including phenoxy) is 1. The summed E-state index contributed by atoms with van der Waals surface area (Å²) in [4.78, 5) is 27.9. The van der Waals surface area contributed by atoms with Crippen molar-refractivity contribution in [1.29, 1.82) is 0 Å². The van der Waals surface area contributed by atoms with E-state index in [1.807, 2.05) is 0 Å². The van der Waals surface area contributed by atoms with Crippen molar-refractivity contribution in [2.24, 2.45) is 0 Å². The molecule has 0 aliphatic carbocycles. The number of carbonyl (C=O) groups is 2. The van der Waals surface area contributed by atoms with Gasteiger partial charge in [0.25, 0.3) is 0 Å². The molecule has 0 radical (unpaired) electrons. The lowest BCUT2D eigenvalue weighted by molar-refractivity contribution is -0.123. The van der Waals surface area contributed by atoms with Gasteiger partial charge < -0.3 is 4.74 Å². The van der Waals surface area contributed by atoms with Crippen LogP contribution in [0.3, 0.4) is 0 Å². The van der Waals surface area contributed by atoms with E-state index in [0.717, 1.165) is 5.69 Å². The number of rotatable bonds is 2. The molecule has 1 aromatic rings. The molecule has 1 saturated heterocycles. The number of methoxy groups -OCH3 is 1. The Bertz CT molecular complexity index is 427. The van der Waals surface area contributed by atoms with Crippen LogP contribution in [-0.4, -0.2) is 32.0 Å². The quantitative estimate of drug-likeness (QED) is 0.720. The summed E-state index contributed by atoms with van der Waals surface area (Å²) in [6.45, 7) is 0.648. The second kappa shape index (κ2) is 4.97. The molecule has 1 aliphatic heterocycles. The Morgan fingerprint density at radius 1 is 1.35 bits per heavy atom. The van der Waals surface area contributed by atoms with Crippen molar-refractivity contribution in [2.75, 3.05) is 25.3 Å². The molecule has 0 spiro atoms. The van der Waals surface area contributed by atoms with E-state index in [2.05, 4.69) is 4.74 Å². The van der Waals surface area contributed by atoms with E-state index in [1.165, 1.54) is 12.2 Å². The Kier molecular flexibility index (Phi) is 3.39. The van der Waals surface area contributed by atoms with Gasteiger partial charge in [0, 0.05) is 6.42 Å². The summed E-state index contributed by atoms with van der Waals surface area (Å²) in [5, 5.41) is 1.53. The zero-order valence-electron chi connectivity index (χ0n) is 9.51. The number of hydrogen-bond donors (Lipinski definition) is 0. The van der Waals surface area contributed by atoms with Gasteiger partial charge >= 0.3 is 5.97 Å². The molecule has 0 bridgehead atoms. The highest BCUT2D eigenvalue weighted by Crippen LogP contribution is 2.18. The van der Waals surface area contributed by atoms with Crippen LogP contribution in [0.1, 0.15) is 16.8 Å². The van der Waals surface area contributed by atoms with Crippen molar-refractivity contribution in [3.63, 3.8) is 0 Å². The van der Waals surface area contributed by atoms with Gasteiger partial charge in [0.1, 0.15) is 6.54 Å². The highest BCUT2D eigenvalue weighted by atomic mass is 16.7. The standard InChI is InChI=1S/C12H13NO4/c1-16-12(15)9-2-4-10(5-3-9)13-8-11(14)6-7-17-13/h2-5H,6-8H2,1H3. The van der Waals surface area contributed by atoms with Gasteiger partial charge in [0.15, 0.2) is 5.78 Å². The average molecular weight is 235 g/mol. The van der Waals surface area contributed by atoms with E-state index < -0.39 is 0 Å². The highest BCUT2D eigenvalue weighted by Gasteiger charge is 2.18. The minimum absolute atomic E-state index is 0.147. The van der Waals surface area contributed by atoms with Crippen LogP contribution in [0.25, 0.3) is 0 Å². The zero-order valence-corrected chi connectivity index (χ0v) is 9.51. The monoisotopic (exact) mass is 235 g/mol. The summed E-state index contributed by atoms with van der Waals surface area (Å²) >= 11 is 0. The molecule has 1 heterocycles. The van der Waals surface area contributed by atoms with Crippen LogP contribution in [0.15, 0.2) is 24.3 Å². The number of hydroxylamine groups is 1. The summed E-state index contributed by atoms with van der Waals surface area (Å²) in [5.41, 5.74) is 1.23. The van der Waals surface area contributed by atoms with E-state index in [9.17, 15) is 9.59 Å². The second-order valence-corrected chi connectivity index (χ2v) is 3.70. The molecule has 5 heteroatoms. The summed E-state index contributed by atoms with van der Waals surface area (Å²) in [6, 6.07) is 6.74. The number of esters is 1. The Balaban J connectivity index is 2.12. The first kappa shape index (κ1) is 11.6. The van der Waals surface area contributed by atoms with E-state index >= 15 is 0 Å². The van der Waals surface area contributed by atoms with E-state index in [-0.39, 0.29) is 18.3 Å². The maximum Gasteiger partial charge on any atom is 0.337 e. The number of hydrogen-bond acceptors (Lipinski definition) is 5. The van der Waals surface area contributed by atoms with Crippen molar-refractivity contribution in [2.45, 2.75) is 6.42 Å². The SMILES string of the molecule is COC(=O)c1ccc(N2CC(=O)CCO2)cc1. The fraction of sp³-hybridized carbons (Fsp3) is 0.333. The lowest BCUT2D eigenvalue weighted by Gasteiger charge is -2.26. The van der Waals surface area contributed by atoms with Gasteiger partial charge in [-0.3, -0.25) is 9.63 Å². The van der Waals surface area contributed by atoms with Crippen LogP contribution in [0.2, 0.25) is 0 Å². The topological polar surface area (TPSA) is 55.8 Å². The Morgan fingerprint density at radius 3 is 2.65 bits per heavy atom. The van der Waals surface area contributed by atoms with E-state index in [4.69, 9.17) is 4.84 Å². The number of anilines is 1. The summed E-state index contributed by atoms with van der Waals surface area (Å²) in [6.07, 6.45) is 0.455. The minimum Gasteiger partial charge on any atom is -0.465 e. The molecule has 0 aromatic heterocycles. The number of Topliss-reactive ketones (excluding diaryl/α,β-unsaturated/α-hetero) is 1. The van der Waals surface area contributed by atoms with Crippen LogP contribution >= 0.6 is 0 Å². The molecule has 2 rings (SSSR count).